The maximum absolute atomic E-state index is 10.7. The molecule has 1 aliphatic rings. The van der Waals surface area contributed by atoms with Crippen LogP contribution in [0.3, 0.4) is 0 Å². The first-order valence-electron chi connectivity index (χ1n) is 6.19. The largest absolute Gasteiger partial charge is 0.344 e. The van der Waals surface area contributed by atoms with Crippen LogP contribution in [0.15, 0.2) is 23.6 Å². The van der Waals surface area contributed by atoms with Crippen LogP contribution in [0, 0.1) is 4.91 Å². The second-order valence-electron chi connectivity index (χ2n) is 4.76. The fraction of sp³-hybridized carbons (Fsp3) is 0.462. The maximum atomic E-state index is 10.7. The van der Waals surface area contributed by atoms with Gasteiger partial charge >= 0.3 is 0 Å². The summed E-state index contributed by atoms with van der Waals surface area (Å²) in [5.74, 6) is 0.607. The summed E-state index contributed by atoms with van der Waals surface area (Å²) in [5, 5.41) is 3.87. The summed E-state index contributed by atoms with van der Waals surface area (Å²) in [5.41, 5.74) is 2.46. The van der Waals surface area contributed by atoms with Gasteiger partial charge in [0.1, 0.15) is 11.3 Å². The zero-order chi connectivity index (χ0) is 11.7. The van der Waals surface area contributed by atoms with E-state index in [1.54, 1.807) is 6.20 Å². The molecule has 1 aliphatic carbocycles. The predicted molar refractivity (Wildman–Crippen MR) is 67.4 cm³/mol. The summed E-state index contributed by atoms with van der Waals surface area (Å²) in [6.07, 6.45) is 9.97. The Morgan fingerprint density at radius 2 is 2.12 bits per heavy atom. The van der Waals surface area contributed by atoms with Gasteiger partial charge in [-0.1, -0.05) is 19.3 Å². The van der Waals surface area contributed by atoms with Crippen LogP contribution in [0.25, 0.3) is 11.0 Å². The van der Waals surface area contributed by atoms with Gasteiger partial charge < -0.3 is 4.98 Å². The van der Waals surface area contributed by atoms with Crippen LogP contribution in [0.4, 0.5) is 5.69 Å². The molecule has 88 valence electrons. The molecule has 1 fully saturated rings. The smallest absolute Gasteiger partial charge is 0.139 e. The van der Waals surface area contributed by atoms with Gasteiger partial charge in [0.25, 0.3) is 0 Å². The first kappa shape index (κ1) is 10.4. The van der Waals surface area contributed by atoms with E-state index in [4.69, 9.17) is 0 Å². The molecule has 0 spiro atoms. The van der Waals surface area contributed by atoms with Crippen molar-refractivity contribution in [1.29, 1.82) is 0 Å². The van der Waals surface area contributed by atoms with Crippen molar-refractivity contribution in [3.63, 3.8) is 0 Å². The third kappa shape index (κ3) is 1.84. The lowest BCUT2D eigenvalue weighted by Gasteiger charge is -2.21. The number of hydrogen-bond acceptors (Lipinski definition) is 3. The van der Waals surface area contributed by atoms with Crippen molar-refractivity contribution in [2.75, 3.05) is 0 Å². The van der Waals surface area contributed by atoms with E-state index in [1.165, 1.54) is 37.7 Å². The molecule has 0 atom stereocenters. The van der Waals surface area contributed by atoms with E-state index in [-0.39, 0.29) is 0 Å². The van der Waals surface area contributed by atoms with Crippen LogP contribution < -0.4 is 0 Å². The molecule has 4 nitrogen and oxygen atoms in total. The molecule has 0 bridgehead atoms. The third-order valence-corrected chi connectivity index (χ3v) is 3.71. The van der Waals surface area contributed by atoms with Crippen molar-refractivity contribution in [2.45, 2.75) is 38.0 Å². The van der Waals surface area contributed by atoms with Crippen LogP contribution in [-0.2, 0) is 0 Å². The van der Waals surface area contributed by atoms with Crippen LogP contribution >= 0.6 is 0 Å². The highest BCUT2D eigenvalue weighted by Gasteiger charge is 2.17. The molecular formula is C13H15N3O. The van der Waals surface area contributed by atoms with Crippen LogP contribution in [0.2, 0.25) is 0 Å². The Morgan fingerprint density at radius 3 is 2.88 bits per heavy atom. The number of fused-ring (bicyclic) bond motifs is 1. The van der Waals surface area contributed by atoms with Gasteiger partial charge in [0.15, 0.2) is 0 Å². The van der Waals surface area contributed by atoms with Gasteiger partial charge in [-0.05, 0) is 35.6 Å². The topological polar surface area (TPSA) is 58.1 Å². The van der Waals surface area contributed by atoms with Gasteiger partial charge in [-0.2, -0.15) is 0 Å². The number of pyridine rings is 1. The Labute approximate surface area is 99.4 Å². The zero-order valence-electron chi connectivity index (χ0n) is 9.65. The maximum Gasteiger partial charge on any atom is 0.139 e. The molecule has 1 saturated carbocycles. The van der Waals surface area contributed by atoms with E-state index in [0.717, 1.165) is 11.0 Å². The number of nitrogens with one attached hydrogen (secondary N) is 1. The number of H-pyrrole nitrogens is 1. The number of rotatable bonds is 2. The van der Waals surface area contributed by atoms with Crippen LogP contribution in [0.1, 0.15) is 43.6 Å². The van der Waals surface area contributed by atoms with Crippen molar-refractivity contribution < 1.29 is 0 Å². The molecule has 0 aromatic carbocycles. The van der Waals surface area contributed by atoms with Gasteiger partial charge in [-0.25, -0.2) is 4.98 Å². The Kier molecular flexibility index (Phi) is 2.63. The minimum absolute atomic E-state index is 0.463. The minimum atomic E-state index is 0.463. The Morgan fingerprint density at radius 1 is 1.29 bits per heavy atom. The molecule has 2 heterocycles. The number of hydrogen-bond donors (Lipinski definition) is 1. The summed E-state index contributed by atoms with van der Waals surface area (Å²) >= 11 is 0. The van der Waals surface area contributed by atoms with Crippen molar-refractivity contribution in [2.24, 2.45) is 5.18 Å². The molecule has 17 heavy (non-hydrogen) atoms. The van der Waals surface area contributed by atoms with Gasteiger partial charge in [0, 0.05) is 17.8 Å². The van der Waals surface area contributed by atoms with Gasteiger partial charge in [-0.15, -0.1) is 4.91 Å². The number of nitroso groups, excluding NO2 is 1. The molecule has 1 N–H and O–H groups in total. The quantitative estimate of drug-likeness (QED) is 0.791. The number of aromatic nitrogens is 2. The molecule has 0 unspecified atom stereocenters. The molecule has 0 amide bonds. The third-order valence-electron chi connectivity index (χ3n) is 3.71. The summed E-state index contributed by atoms with van der Waals surface area (Å²) in [4.78, 5) is 18.0. The van der Waals surface area contributed by atoms with Crippen molar-refractivity contribution in [3.05, 3.63) is 28.9 Å². The zero-order valence-corrected chi connectivity index (χ0v) is 9.65. The van der Waals surface area contributed by atoms with Crippen molar-refractivity contribution in [3.8, 4) is 0 Å². The predicted octanol–water partition coefficient (Wildman–Crippen LogP) is 4.01. The lowest BCUT2D eigenvalue weighted by atomic mass is 9.84. The highest BCUT2D eigenvalue weighted by Crippen LogP contribution is 2.34. The highest BCUT2D eigenvalue weighted by atomic mass is 16.3. The fourth-order valence-electron chi connectivity index (χ4n) is 2.74. The highest BCUT2D eigenvalue weighted by molar-refractivity contribution is 5.88. The van der Waals surface area contributed by atoms with E-state index in [9.17, 15) is 4.91 Å². The summed E-state index contributed by atoms with van der Waals surface area (Å²) in [6.45, 7) is 0. The molecule has 3 rings (SSSR count). The molecule has 2 aromatic rings. The molecular weight excluding hydrogens is 214 g/mol. The van der Waals surface area contributed by atoms with Crippen molar-refractivity contribution in [1.82, 2.24) is 9.97 Å². The molecule has 0 saturated heterocycles. The van der Waals surface area contributed by atoms with Crippen molar-refractivity contribution >= 4 is 16.7 Å². The van der Waals surface area contributed by atoms with Crippen LogP contribution in [0.5, 0.6) is 0 Å². The van der Waals surface area contributed by atoms with E-state index in [0.29, 0.717) is 11.6 Å². The minimum Gasteiger partial charge on any atom is -0.344 e. The average Bonchev–Trinajstić information content (AvgIpc) is 2.81. The average molecular weight is 229 g/mol. The summed E-state index contributed by atoms with van der Waals surface area (Å²) < 4.78 is 0. The normalized spacial score (nSPS) is 17.4. The number of aromatic amines is 1. The van der Waals surface area contributed by atoms with Gasteiger partial charge in [0.2, 0.25) is 0 Å². The Balaban J connectivity index is 2.01. The molecule has 0 aliphatic heterocycles. The standard InChI is InChI=1S/C13H15N3O/c17-16-12-8-15-13-11(12)6-10(7-14-13)9-4-2-1-3-5-9/h6-9H,1-5H2,(H,14,15). The Bertz CT molecular complexity index is 541. The number of nitrogens with zero attached hydrogens (tertiary/aromatic N) is 2. The van der Waals surface area contributed by atoms with E-state index >= 15 is 0 Å². The van der Waals surface area contributed by atoms with Gasteiger partial charge in [0.05, 0.1) is 0 Å². The first-order chi connectivity index (χ1) is 8.38. The first-order valence-corrected chi connectivity index (χ1v) is 6.19. The van der Waals surface area contributed by atoms with Gasteiger partial charge in [-0.3, -0.25) is 0 Å². The van der Waals surface area contributed by atoms with E-state index in [1.807, 2.05) is 6.20 Å². The lowest BCUT2D eigenvalue weighted by molar-refractivity contribution is 0.443. The summed E-state index contributed by atoms with van der Waals surface area (Å²) in [7, 11) is 0. The Hall–Kier alpha value is -1.71. The second kappa shape index (κ2) is 4.28. The SMILES string of the molecule is O=Nc1c[nH]c2ncc(C3CCCCC3)cc12. The van der Waals surface area contributed by atoms with E-state index < -0.39 is 0 Å². The second-order valence-corrected chi connectivity index (χ2v) is 4.76. The lowest BCUT2D eigenvalue weighted by Crippen LogP contribution is -2.04. The summed E-state index contributed by atoms with van der Waals surface area (Å²) in [6, 6.07) is 2.07. The molecule has 4 heteroatoms. The molecule has 0 radical (unpaired) electrons. The molecule has 2 aromatic heterocycles. The fourth-order valence-corrected chi connectivity index (χ4v) is 2.74. The van der Waals surface area contributed by atoms with Crippen LogP contribution in [-0.4, -0.2) is 9.97 Å². The van der Waals surface area contributed by atoms with E-state index in [2.05, 4.69) is 21.2 Å². The monoisotopic (exact) mass is 229 g/mol.